The molecule has 70 valence electrons. The number of aromatic nitrogens is 1. The van der Waals surface area contributed by atoms with Gasteiger partial charge in [-0.25, -0.2) is 13.8 Å². The quantitative estimate of drug-likeness (QED) is 0.729. The summed E-state index contributed by atoms with van der Waals surface area (Å²) < 4.78 is 24.9. The Balaban J connectivity index is 1.88. The number of rotatable bonds is 2. The fourth-order valence-electron chi connectivity index (χ4n) is 1.28. The van der Waals surface area contributed by atoms with E-state index in [2.05, 4.69) is 4.98 Å². The minimum absolute atomic E-state index is 0.00571. The van der Waals surface area contributed by atoms with Gasteiger partial charge in [0.05, 0.1) is 5.03 Å². The van der Waals surface area contributed by atoms with E-state index in [1.807, 2.05) is 18.2 Å². The number of halogens is 2. The molecule has 0 bridgehead atoms. The van der Waals surface area contributed by atoms with Crippen LogP contribution in [0.5, 0.6) is 0 Å². The SMILES string of the molecule is FC1(F)CC(Sc2ccccn2)C1. The lowest BCUT2D eigenvalue weighted by Gasteiger charge is -2.33. The highest BCUT2D eigenvalue weighted by atomic mass is 32.2. The van der Waals surface area contributed by atoms with Gasteiger partial charge in [-0.3, -0.25) is 0 Å². The maximum Gasteiger partial charge on any atom is 0.250 e. The van der Waals surface area contributed by atoms with E-state index in [1.54, 1.807) is 6.20 Å². The van der Waals surface area contributed by atoms with Gasteiger partial charge in [-0.1, -0.05) is 6.07 Å². The Morgan fingerprint density at radius 2 is 2.15 bits per heavy atom. The highest BCUT2D eigenvalue weighted by Crippen LogP contribution is 2.45. The molecular formula is C9H9F2NS. The van der Waals surface area contributed by atoms with Crippen molar-refractivity contribution in [2.75, 3.05) is 0 Å². The first kappa shape index (κ1) is 8.94. The topological polar surface area (TPSA) is 12.9 Å². The Hall–Kier alpha value is -0.640. The summed E-state index contributed by atoms with van der Waals surface area (Å²) in [5.74, 6) is -2.42. The van der Waals surface area contributed by atoms with Crippen LogP contribution in [0.4, 0.5) is 8.78 Å². The van der Waals surface area contributed by atoms with E-state index in [4.69, 9.17) is 0 Å². The van der Waals surface area contributed by atoms with E-state index in [-0.39, 0.29) is 18.1 Å². The molecule has 0 radical (unpaired) electrons. The van der Waals surface area contributed by atoms with Crippen molar-refractivity contribution in [2.45, 2.75) is 29.0 Å². The van der Waals surface area contributed by atoms with Crippen LogP contribution in [0.3, 0.4) is 0 Å². The molecule has 4 heteroatoms. The van der Waals surface area contributed by atoms with Gasteiger partial charge in [0.25, 0.3) is 0 Å². The van der Waals surface area contributed by atoms with Crippen molar-refractivity contribution in [1.29, 1.82) is 0 Å². The second-order valence-electron chi connectivity index (χ2n) is 3.17. The van der Waals surface area contributed by atoms with Crippen LogP contribution in [0, 0.1) is 0 Å². The highest BCUT2D eigenvalue weighted by Gasteiger charge is 2.45. The summed E-state index contributed by atoms with van der Waals surface area (Å²) in [5, 5.41) is 0.882. The molecule has 13 heavy (non-hydrogen) atoms. The fraction of sp³-hybridized carbons (Fsp3) is 0.444. The molecule has 0 atom stereocenters. The molecule has 0 aromatic carbocycles. The smallest absolute Gasteiger partial charge is 0.250 e. The Labute approximate surface area is 79.6 Å². The fourth-order valence-corrected chi connectivity index (χ4v) is 2.55. The van der Waals surface area contributed by atoms with Crippen LogP contribution in [0.2, 0.25) is 0 Å². The Morgan fingerprint density at radius 3 is 2.69 bits per heavy atom. The zero-order valence-electron chi connectivity index (χ0n) is 6.91. The first-order chi connectivity index (χ1) is 6.16. The number of hydrogen-bond donors (Lipinski definition) is 0. The molecule has 0 aliphatic heterocycles. The van der Waals surface area contributed by atoms with Crippen molar-refractivity contribution in [1.82, 2.24) is 4.98 Å². The zero-order chi connectivity index (χ0) is 9.31. The van der Waals surface area contributed by atoms with Crippen LogP contribution in [-0.2, 0) is 0 Å². The summed E-state index contributed by atoms with van der Waals surface area (Å²) in [5.41, 5.74) is 0. The standard InChI is InChI=1S/C9H9F2NS/c10-9(11)5-7(6-9)13-8-3-1-2-4-12-8/h1-4,7H,5-6H2. The van der Waals surface area contributed by atoms with Crippen LogP contribution in [0.1, 0.15) is 12.8 Å². The van der Waals surface area contributed by atoms with Crippen molar-refractivity contribution < 1.29 is 8.78 Å². The Morgan fingerprint density at radius 1 is 1.38 bits per heavy atom. The van der Waals surface area contributed by atoms with Gasteiger partial charge in [0.1, 0.15) is 0 Å². The summed E-state index contributed by atoms with van der Waals surface area (Å²) in [7, 11) is 0. The molecule has 1 aromatic rings. The summed E-state index contributed by atoms with van der Waals surface area (Å²) >= 11 is 1.44. The normalized spacial score (nSPS) is 21.1. The summed E-state index contributed by atoms with van der Waals surface area (Å²) in [6, 6.07) is 5.53. The van der Waals surface area contributed by atoms with Crippen molar-refractivity contribution in [3.63, 3.8) is 0 Å². The molecule has 1 fully saturated rings. The zero-order valence-corrected chi connectivity index (χ0v) is 7.73. The number of alkyl halides is 2. The maximum atomic E-state index is 12.5. The lowest BCUT2D eigenvalue weighted by Crippen LogP contribution is -2.37. The predicted molar refractivity (Wildman–Crippen MR) is 48.1 cm³/mol. The Kier molecular flexibility index (Phi) is 2.24. The largest absolute Gasteiger partial charge is 0.250 e. The monoisotopic (exact) mass is 201 g/mol. The number of thioether (sulfide) groups is 1. The third-order valence-electron chi connectivity index (χ3n) is 1.98. The minimum Gasteiger partial charge on any atom is -0.250 e. The third kappa shape index (κ3) is 2.18. The molecule has 1 saturated carbocycles. The molecule has 0 unspecified atom stereocenters. The molecule has 0 N–H and O–H groups in total. The van der Waals surface area contributed by atoms with E-state index < -0.39 is 5.92 Å². The van der Waals surface area contributed by atoms with Crippen LogP contribution in [-0.4, -0.2) is 16.2 Å². The average Bonchev–Trinajstić information content (AvgIpc) is 2.03. The lowest BCUT2D eigenvalue weighted by atomic mass is 9.94. The molecule has 2 rings (SSSR count). The van der Waals surface area contributed by atoms with Gasteiger partial charge in [-0.15, -0.1) is 11.8 Å². The van der Waals surface area contributed by atoms with Gasteiger partial charge in [-0.2, -0.15) is 0 Å². The first-order valence-electron chi connectivity index (χ1n) is 4.11. The van der Waals surface area contributed by atoms with Crippen molar-refractivity contribution in [2.24, 2.45) is 0 Å². The summed E-state index contributed by atoms with van der Waals surface area (Å²) in [4.78, 5) is 4.07. The molecule has 1 aromatic heterocycles. The highest BCUT2D eigenvalue weighted by molar-refractivity contribution is 7.99. The van der Waals surface area contributed by atoms with Gasteiger partial charge in [-0.05, 0) is 12.1 Å². The van der Waals surface area contributed by atoms with Gasteiger partial charge >= 0.3 is 0 Å². The number of hydrogen-bond acceptors (Lipinski definition) is 2. The predicted octanol–water partition coefficient (Wildman–Crippen LogP) is 2.97. The summed E-state index contributed by atoms with van der Waals surface area (Å²) in [6.45, 7) is 0. The van der Waals surface area contributed by atoms with Crippen molar-refractivity contribution in [3.05, 3.63) is 24.4 Å². The van der Waals surface area contributed by atoms with Gasteiger partial charge in [0.2, 0.25) is 5.92 Å². The summed E-state index contributed by atoms with van der Waals surface area (Å²) in [6.07, 6.45) is 1.67. The van der Waals surface area contributed by atoms with Gasteiger partial charge < -0.3 is 0 Å². The molecule has 1 nitrogen and oxygen atoms in total. The van der Waals surface area contributed by atoms with Crippen molar-refractivity contribution >= 4 is 11.8 Å². The number of pyridine rings is 1. The molecule has 0 saturated heterocycles. The second-order valence-corrected chi connectivity index (χ2v) is 4.49. The molecule has 1 heterocycles. The van der Waals surface area contributed by atoms with E-state index in [0.29, 0.717) is 0 Å². The van der Waals surface area contributed by atoms with Gasteiger partial charge in [0.15, 0.2) is 0 Å². The molecular weight excluding hydrogens is 192 g/mol. The molecule has 1 aliphatic carbocycles. The van der Waals surface area contributed by atoms with Crippen LogP contribution in [0.25, 0.3) is 0 Å². The van der Waals surface area contributed by atoms with E-state index >= 15 is 0 Å². The maximum absolute atomic E-state index is 12.5. The van der Waals surface area contributed by atoms with Crippen LogP contribution < -0.4 is 0 Å². The van der Waals surface area contributed by atoms with Crippen LogP contribution >= 0.6 is 11.8 Å². The van der Waals surface area contributed by atoms with Gasteiger partial charge in [0, 0.05) is 24.3 Å². The van der Waals surface area contributed by atoms with Crippen LogP contribution in [0.15, 0.2) is 29.4 Å². The minimum atomic E-state index is -2.42. The average molecular weight is 201 g/mol. The Bertz CT molecular complexity index is 281. The molecule has 1 aliphatic rings. The lowest BCUT2D eigenvalue weighted by molar-refractivity contribution is -0.0667. The van der Waals surface area contributed by atoms with Crippen molar-refractivity contribution in [3.8, 4) is 0 Å². The van der Waals surface area contributed by atoms with E-state index in [9.17, 15) is 8.78 Å². The van der Waals surface area contributed by atoms with E-state index in [1.165, 1.54) is 11.8 Å². The second kappa shape index (κ2) is 3.25. The van der Waals surface area contributed by atoms with E-state index in [0.717, 1.165) is 5.03 Å². The molecule has 0 amide bonds. The number of nitrogens with zero attached hydrogens (tertiary/aromatic N) is 1. The molecule has 0 spiro atoms. The first-order valence-corrected chi connectivity index (χ1v) is 4.99. The third-order valence-corrected chi connectivity index (χ3v) is 3.13.